The van der Waals surface area contributed by atoms with Crippen molar-refractivity contribution >= 4 is 0 Å². The number of nitrogens with one attached hydrogen (secondary N) is 1. The quantitative estimate of drug-likeness (QED) is 0.747. The molecule has 3 N–H and O–H groups in total. The van der Waals surface area contributed by atoms with Crippen molar-refractivity contribution < 1.29 is 0 Å². The van der Waals surface area contributed by atoms with E-state index in [1.165, 1.54) is 11.1 Å². The van der Waals surface area contributed by atoms with Crippen molar-refractivity contribution in [3.8, 4) is 0 Å². The summed E-state index contributed by atoms with van der Waals surface area (Å²) < 4.78 is 0. The summed E-state index contributed by atoms with van der Waals surface area (Å²) in [5.41, 5.74) is 8.64. The topological polar surface area (TPSA) is 38.0 Å². The molecule has 78 valence electrons. The number of hydrogen-bond donors (Lipinski definition) is 2. The Morgan fingerprint density at radius 2 is 1.93 bits per heavy atom. The molecule has 0 fully saturated rings. The van der Waals surface area contributed by atoms with Crippen LogP contribution in [0, 0.1) is 0 Å². The number of nitrogens with two attached hydrogens (primary N) is 1. The first-order valence-corrected chi connectivity index (χ1v) is 5.27. The second kappa shape index (κ2) is 5.78. The van der Waals surface area contributed by atoms with E-state index in [1.54, 1.807) is 0 Å². The molecule has 0 bridgehead atoms. The molecule has 1 atom stereocenters. The van der Waals surface area contributed by atoms with E-state index >= 15 is 0 Å². The highest BCUT2D eigenvalue weighted by Gasteiger charge is 2.04. The van der Waals surface area contributed by atoms with E-state index in [2.05, 4.69) is 36.5 Å². The maximum atomic E-state index is 6.03. The van der Waals surface area contributed by atoms with Crippen LogP contribution in [-0.4, -0.2) is 13.6 Å². The van der Waals surface area contributed by atoms with Crippen LogP contribution in [0.25, 0.3) is 0 Å². The van der Waals surface area contributed by atoms with Gasteiger partial charge >= 0.3 is 0 Å². The Balaban J connectivity index is 2.57. The lowest BCUT2D eigenvalue weighted by molar-refractivity contribution is 0.615. The van der Waals surface area contributed by atoms with Gasteiger partial charge in [-0.1, -0.05) is 31.2 Å². The first kappa shape index (κ1) is 11.2. The molecule has 1 rings (SSSR count). The molecule has 0 aliphatic rings. The number of hydrogen-bond acceptors (Lipinski definition) is 2. The van der Waals surface area contributed by atoms with Gasteiger partial charge in [-0.2, -0.15) is 0 Å². The van der Waals surface area contributed by atoms with E-state index in [1.807, 2.05) is 7.05 Å². The van der Waals surface area contributed by atoms with Crippen LogP contribution in [0.1, 0.15) is 30.5 Å². The summed E-state index contributed by atoms with van der Waals surface area (Å²) in [4.78, 5) is 0. The van der Waals surface area contributed by atoms with Gasteiger partial charge in [0.15, 0.2) is 0 Å². The molecule has 2 heteroatoms. The van der Waals surface area contributed by atoms with E-state index in [0.717, 1.165) is 19.4 Å². The summed E-state index contributed by atoms with van der Waals surface area (Å²) in [5, 5.41) is 3.11. The summed E-state index contributed by atoms with van der Waals surface area (Å²) in [6.07, 6.45) is 2.08. The van der Waals surface area contributed by atoms with Crippen molar-refractivity contribution in [2.24, 2.45) is 5.73 Å². The standard InChI is InChI=1S/C12H20N2/c1-3-10-4-6-11(7-5-10)12(13)8-9-14-2/h4-7,12,14H,3,8-9,13H2,1-2H3. The highest BCUT2D eigenvalue weighted by atomic mass is 14.8. The van der Waals surface area contributed by atoms with Crippen molar-refractivity contribution in [2.75, 3.05) is 13.6 Å². The summed E-state index contributed by atoms with van der Waals surface area (Å²) in [6, 6.07) is 8.76. The summed E-state index contributed by atoms with van der Waals surface area (Å²) in [5.74, 6) is 0. The molecule has 0 saturated heterocycles. The average molecular weight is 192 g/mol. The average Bonchev–Trinajstić information content (AvgIpc) is 2.26. The van der Waals surface area contributed by atoms with E-state index in [4.69, 9.17) is 5.73 Å². The van der Waals surface area contributed by atoms with Gasteiger partial charge in [0, 0.05) is 6.04 Å². The Bertz CT molecular complexity index is 254. The lowest BCUT2D eigenvalue weighted by Gasteiger charge is -2.11. The van der Waals surface area contributed by atoms with Crippen LogP contribution in [0.15, 0.2) is 24.3 Å². The summed E-state index contributed by atoms with van der Waals surface area (Å²) in [6.45, 7) is 3.13. The van der Waals surface area contributed by atoms with Crippen molar-refractivity contribution in [3.05, 3.63) is 35.4 Å². The first-order valence-electron chi connectivity index (χ1n) is 5.27. The van der Waals surface area contributed by atoms with E-state index in [9.17, 15) is 0 Å². The third kappa shape index (κ3) is 3.13. The van der Waals surface area contributed by atoms with Crippen LogP contribution in [0.2, 0.25) is 0 Å². The molecule has 1 aromatic rings. The Morgan fingerprint density at radius 1 is 1.29 bits per heavy atom. The van der Waals surface area contributed by atoms with Crippen LogP contribution < -0.4 is 11.1 Å². The highest BCUT2D eigenvalue weighted by molar-refractivity contribution is 5.24. The van der Waals surface area contributed by atoms with Gasteiger partial charge in [0.2, 0.25) is 0 Å². The van der Waals surface area contributed by atoms with Crippen LogP contribution >= 0.6 is 0 Å². The van der Waals surface area contributed by atoms with Gasteiger partial charge in [-0.15, -0.1) is 0 Å². The molecule has 0 aromatic heterocycles. The number of rotatable bonds is 5. The predicted octanol–water partition coefficient (Wildman–Crippen LogP) is 1.86. The Morgan fingerprint density at radius 3 is 2.43 bits per heavy atom. The van der Waals surface area contributed by atoms with Gasteiger partial charge in [0.1, 0.15) is 0 Å². The van der Waals surface area contributed by atoms with Gasteiger partial charge in [0.25, 0.3) is 0 Å². The van der Waals surface area contributed by atoms with Gasteiger partial charge in [-0.3, -0.25) is 0 Å². The predicted molar refractivity (Wildman–Crippen MR) is 61.3 cm³/mol. The first-order chi connectivity index (χ1) is 6.77. The molecule has 0 amide bonds. The zero-order chi connectivity index (χ0) is 10.4. The van der Waals surface area contributed by atoms with Crippen molar-refractivity contribution in [3.63, 3.8) is 0 Å². The molecule has 1 aromatic carbocycles. The third-order valence-corrected chi connectivity index (χ3v) is 2.52. The van der Waals surface area contributed by atoms with Gasteiger partial charge in [-0.25, -0.2) is 0 Å². The minimum Gasteiger partial charge on any atom is -0.324 e. The number of benzene rings is 1. The second-order valence-electron chi connectivity index (χ2n) is 3.59. The fourth-order valence-corrected chi connectivity index (χ4v) is 1.47. The zero-order valence-electron chi connectivity index (χ0n) is 9.09. The molecular formula is C12H20N2. The molecule has 0 spiro atoms. The molecule has 2 nitrogen and oxygen atoms in total. The largest absolute Gasteiger partial charge is 0.324 e. The molecule has 0 radical (unpaired) electrons. The highest BCUT2D eigenvalue weighted by Crippen LogP contribution is 2.14. The van der Waals surface area contributed by atoms with Gasteiger partial charge in [-0.05, 0) is 37.6 Å². The second-order valence-corrected chi connectivity index (χ2v) is 3.59. The Kier molecular flexibility index (Phi) is 4.63. The summed E-state index contributed by atoms with van der Waals surface area (Å²) in [7, 11) is 1.95. The maximum absolute atomic E-state index is 6.03. The normalized spacial score (nSPS) is 12.8. The molecule has 1 unspecified atom stereocenters. The lowest BCUT2D eigenvalue weighted by Crippen LogP contribution is -2.17. The van der Waals surface area contributed by atoms with Gasteiger partial charge in [0.05, 0.1) is 0 Å². The Hall–Kier alpha value is -0.860. The molecule has 0 heterocycles. The zero-order valence-corrected chi connectivity index (χ0v) is 9.09. The lowest BCUT2D eigenvalue weighted by atomic mass is 10.0. The third-order valence-electron chi connectivity index (χ3n) is 2.52. The number of aryl methyl sites for hydroxylation is 1. The molecule has 0 aliphatic heterocycles. The Labute approximate surface area is 86.5 Å². The van der Waals surface area contributed by atoms with Crippen LogP contribution in [-0.2, 0) is 6.42 Å². The SMILES string of the molecule is CCc1ccc(C(N)CCNC)cc1. The van der Waals surface area contributed by atoms with Crippen LogP contribution in [0.5, 0.6) is 0 Å². The minimum atomic E-state index is 0.161. The molecule has 14 heavy (non-hydrogen) atoms. The molecule has 0 aliphatic carbocycles. The van der Waals surface area contributed by atoms with Gasteiger partial charge < -0.3 is 11.1 Å². The van der Waals surface area contributed by atoms with Crippen molar-refractivity contribution in [2.45, 2.75) is 25.8 Å². The summed E-state index contributed by atoms with van der Waals surface area (Å²) >= 11 is 0. The van der Waals surface area contributed by atoms with Crippen LogP contribution in [0.4, 0.5) is 0 Å². The van der Waals surface area contributed by atoms with E-state index in [0.29, 0.717) is 0 Å². The van der Waals surface area contributed by atoms with E-state index < -0.39 is 0 Å². The fraction of sp³-hybridized carbons (Fsp3) is 0.500. The molecular weight excluding hydrogens is 172 g/mol. The van der Waals surface area contributed by atoms with Crippen molar-refractivity contribution in [1.29, 1.82) is 0 Å². The monoisotopic (exact) mass is 192 g/mol. The fourth-order valence-electron chi connectivity index (χ4n) is 1.47. The maximum Gasteiger partial charge on any atom is 0.0306 e. The van der Waals surface area contributed by atoms with E-state index in [-0.39, 0.29) is 6.04 Å². The van der Waals surface area contributed by atoms with Crippen molar-refractivity contribution in [1.82, 2.24) is 5.32 Å². The molecule has 0 saturated carbocycles. The van der Waals surface area contributed by atoms with Crippen LogP contribution in [0.3, 0.4) is 0 Å². The smallest absolute Gasteiger partial charge is 0.0306 e. The minimum absolute atomic E-state index is 0.161.